The number of benzene rings is 1. The largest absolute Gasteiger partial charge is 0.416 e. The van der Waals surface area contributed by atoms with Gasteiger partial charge in [0.25, 0.3) is 5.69 Å². The number of anilines is 1. The number of hydrogen-bond acceptors (Lipinski definition) is 4. The molecule has 3 rings (SSSR count). The molecule has 6 nitrogen and oxygen atoms in total. The molecule has 1 saturated heterocycles. The van der Waals surface area contributed by atoms with Crippen molar-refractivity contribution in [1.29, 1.82) is 0 Å². The molecule has 9 heteroatoms. The summed E-state index contributed by atoms with van der Waals surface area (Å²) in [5, 5.41) is 18.0. The third-order valence-electron chi connectivity index (χ3n) is 4.30. The average molecular weight is 340 g/mol. The Labute approximate surface area is 135 Å². The molecule has 0 saturated carbocycles. The van der Waals surface area contributed by atoms with Gasteiger partial charge in [0.1, 0.15) is 5.69 Å². The first-order valence-corrected chi connectivity index (χ1v) is 7.46. The van der Waals surface area contributed by atoms with Crippen LogP contribution in [0.3, 0.4) is 0 Å². The van der Waals surface area contributed by atoms with Crippen LogP contribution in [-0.4, -0.2) is 28.2 Å². The SMILES string of the molecule is O=[N+]([O-])c1cc(C(F)(F)F)ccc1N1CCC(c2ccn[nH]2)CC1. The Morgan fingerprint density at radius 3 is 2.50 bits per heavy atom. The van der Waals surface area contributed by atoms with Crippen LogP contribution in [0.1, 0.15) is 30.0 Å². The standard InChI is InChI=1S/C15H15F3N4O2/c16-15(17,18)11-1-2-13(14(9-11)22(23)24)21-7-4-10(5-8-21)12-3-6-19-20-12/h1-3,6,9-10H,4-5,7-8H2,(H,19,20). The molecule has 1 N–H and O–H groups in total. The van der Waals surface area contributed by atoms with Crippen LogP contribution in [0.25, 0.3) is 0 Å². The first kappa shape index (κ1) is 16.3. The maximum absolute atomic E-state index is 12.8. The Kier molecular flexibility index (Phi) is 4.16. The van der Waals surface area contributed by atoms with Gasteiger partial charge >= 0.3 is 6.18 Å². The summed E-state index contributed by atoms with van der Waals surface area (Å²) in [4.78, 5) is 12.2. The minimum atomic E-state index is -4.60. The second kappa shape index (κ2) is 6.14. The fourth-order valence-electron chi connectivity index (χ4n) is 3.04. The van der Waals surface area contributed by atoms with Crippen LogP contribution < -0.4 is 4.90 Å². The number of rotatable bonds is 3. The predicted molar refractivity (Wildman–Crippen MR) is 80.9 cm³/mol. The third kappa shape index (κ3) is 3.19. The van der Waals surface area contributed by atoms with Crippen LogP contribution in [0, 0.1) is 10.1 Å². The number of nitro groups is 1. The molecule has 128 valence electrons. The molecule has 0 unspecified atom stereocenters. The summed E-state index contributed by atoms with van der Waals surface area (Å²) in [5.74, 6) is 0.275. The maximum atomic E-state index is 12.8. The monoisotopic (exact) mass is 340 g/mol. The molecule has 1 aliphatic rings. The number of nitrogens with zero attached hydrogens (tertiary/aromatic N) is 3. The summed E-state index contributed by atoms with van der Waals surface area (Å²) >= 11 is 0. The van der Waals surface area contributed by atoms with Crippen molar-refractivity contribution in [2.24, 2.45) is 0 Å². The molecule has 0 spiro atoms. The van der Waals surface area contributed by atoms with E-state index in [1.165, 1.54) is 6.07 Å². The summed E-state index contributed by atoms with van der Waals surface area (Å²) < 4.78 is 38.3. The van der Waals surface area contributed by atoms with E-state index in [-0.39, 0.29) is 11.6 Å². The van der Waals surface area contributed by atoms with E-state index in [1.807, 2.05) is 6.07 Å². The predicted octanol–water partition coefficient (Wildman–Crippen LogP) is 3.72. The maximum Gasteiger partial charge on any atom is 0.416 e. The van der Waals surface area contributed by atoms with Gasteiger partial charge in [-0.1, -0.05) is 0 Å². The zero-order chi connectivity index (χ0) is 17.3. The van der Waals surface area contributed by atoms with Crippen molar-refractivity contribution in [3.8, 4) is 0 Å². The number of hydrogen-bond donors (Lipinski definition) is 1. The number of piperidine rings is 1. The molecule has 0 atom stereocenters. The molecule has 24 heavy (non-hydrogen) atoms. The van der Waals surface area contributed by atoms with Crippen molar-refractivity contribution in [2.75, 3.05) is 18.0 Å². The van der Waals surface area contributed by atoms with E-state index in [0.717, 1.165) is 24.6 Å². The van der Waals surface area contributed by atoms with Crippen molar-refractivity contribution in [3.05, 3.63) is 51.8 Å². The topological polar surface area (TPSA) is 75.1 Å². The molecule has 2 aromatic rings. The van der Waals surface area contributed by atoms with Crippen molar-refractivity contribution >= 4 is 11.4 Å². The Morgan fingerprint density at radius 1 is 1.25 bits per heavy atom. The van der Waals surface area contributed by atoms with Gasteiger partial charge < -0.3 is 4.90 Å². The summed E-state index contributed by atoms with van der Waals surface area (Å²) in [5.41, 5.74) is -0.275. The number of aromatic nitrogens is 2. The van der Waals surface area contributed by atoms with E-state index in [0.29, 0.717) is 19.2 Å². The van der Waals surface area contributed by atoms with E-state index in [1.54, 1.807) is 11.1 Å². The minimum absolute atomic E-state index is 0.232. The molecule has 0 amide bonds. The molecule has 0 radical (unpaired) electrons. The Balaban J connectivity index is 1.81. The van der Waals surface area contributed by atoms with E-state index in [9.17, 15) is 23.3 Å². The lowest BCUT2D eigenvalue weighted by molar-refractivity contribution is -0.384. The first-order chi connectivity index (χ1) is 11.4. The van der Waals surface area contributed by atoms with Crippen molar-refractivity contribution in [2.45, 2.75) is 24.9 Å². The fraction of sp³-hybridized carbons (Fsp3) is 0.400. The van der Waals surface area contributed by atoms with Crippen LogP contribution in [0.5, 0.6) is 0 Å². The Morgan fingerprint density at radius 2 is 1.96 bits per heavy atom. The molecule has 0 aliphatic carbocycles. The Hall–Kier alpha value is -2.58. The molecular weight excluding hydrogens is 325 g/mol. The van der Waals surface area contributed by atoms with Gasteiger partial charge in [0.15, 0.2) is 0 Å². The Bertz CT molecular complexity index is 723. The summed E-state index contributed by atoms with van der Waals surface area (Å²) in [6.45, 7) is 1.08. The number of aromatic amines is 1. The van der Waals surface area contributed by atoms with Gasteiger partial charge in [-0.05, 0) is 31.0 Å². The van der Waals surface area contributed by atoms with Gasteiger partial charge in [-0.3, -0.25) is 15.2 Å². The van der Waals surface area contributed by atoms with Crippen molar-refractivity contribution in [1.82, 2.24) is 10.2 Å². The lowest BCUT2D eigenvalue weighted by Gasteiger charge is -2.33. The van der Waals surface area contributed by atoms with E-state index >= 15 is 0 Å². The molecule has 1 fully saturated rings. The summed E-state index contributed by atoms with van der Waals surface area (Å²) in [6, 6.07) is 4.58. The van der Waals surface area contributed by atoms with E-state index in [4.69, 9.17) is 0 Å². The lowest BCUT2D eigenvalue weighted by atomic mass is 9.93. The minimum Gasteiger partial charge on any atom is -0.366 e. The van der Waals surface area contributed by atoms with E-state index < -0.39 is 22.4 Å². The molecule has 1 aliphatic heterocycles. The highest BCUT2D eigenvalue weighted by atomic mass is 19.4. The highest BCUT2D eigenvalue weighted by molar-refractivity contribution is 5.65. The van der Waals surface area contributed by atoms with Gasteiger partial charge in [-0.15, -0.1) is 0 Å². The number of nitrogens with one attached hydrogen (secondary N) is 1. The highest BCUT2D eigenvalue weighted by Crippen LogP contribution is 2.38. The van der Waals surface area contributed by atoms with Gasteiger partial charge in [0.05, 0.1) is 10.5 Å². The second-order valence-electron chi connectivity index (χ2n) is 5.73. The number of nitro benzene ring substituents is 1. The third-order valence-corrected chi connectivity index (χ3v) is 4.30. The van der Waals surface area contributed by atoms with Crippen molar-refractivity contribution in [3.63, 3.8) is 0 Å². The normalized spacial score (nSPS) is 16.4. The first-order valence-electron chi connectivity index (χ1n) is 7.46. The van der Waals surface area contributed by atoms with Crippen LogP contribution >= 0.6 is 0 Å². The van der Waals surface area contributed by atoms with Gasteiger partial charge in [0, 0.05) is 37.0 Å². The number of halogens is 3. The van der Waals surface area contributed by atoms with Gasteiger partial charge in [-0.2, -0.15) is 18.3 Å². The molecule has 1 aromatic carbocycles. The fourth-order valence-corrected chi connectivity index (χ4v) is 3.04. The van der Waals surface area contributed by atoms with E-state index in [2.05, 4.69) is 10.2 Å². The molecule has 0 bridgehead atoms. The van der Waals surface area contributed by atoms with Crippen LogP contribution in [0.4, 0.5) is 24.5 Å². The summed E-state index contributed by atoms with van der Waals surface area (Å²) in [6.07, 6.45) is -1.43. The van der Waals surface area contributed by atoms with Gasteiger partial charge in [-0.25, -0.2) is 0 Å². The zero-order valence-electron chi connectivity index (χ0n) is 12.6. The highest BCUT2D eigenvalue weighted by Gasteiger charge is 2.34. The molecular formula is C15H15F3N4O2. The van der Waals surface area contributed by atoms with Crippen molar-refractivity contribution < 1.29 is 18.1 Å². The lowest BCUT2D eigenvalue weighted by Crippen LogP contribution is -2.33. The van der Waals surface area contributed by atoms with Crippen LogP contribution in [0.2, 0.25) is 0 Å². The van der Waals surface area contributed by atoms with Crippen LogP contribution in [0.15, 0.2) is 30.5 Å². The smallest absolute Gasteiger partial charge is 0.366 e. The molecule has 2 heterocycles. The summed E-state index contributed by atoms with van der Waals surface area (Å²) in [7, 11) is 0. The average Bonchev–Trinajstić information content (AvgIpc) is 3.08. The quantitative estimate of drug-likeness (QED) is 0.682. The number of H-pyrrole nitrogens is 1. The van der Waals surface area contributed by atoms with Gasteiger partial charge in [0.2, 0.25) is 0 Å². The van der Waals surface area contributed by atoms with Crippen LogP contribution in [-0.2, 0) is 6.18 Å². The second-order valence-corrected chi connectivity index (χ2v) is 5.73. The zero-order valence-corrected chi connectivity index (χ0v) is 12.6. The molecule has 1 aromatic heterocycles. The number of alkyl halides is 3.